The molecule has 20 heavy (non-hydrogen) atoms. The van der Waals surface area contributed by atoms with Gasteiger partial charge in [0.15, 0.2) is 0 Å². The molecule has 0 aliphatic carbocycles. The second kappa shape index (κ2) is 5.72. The van der Waals surface area contributed by atoms with E-state index in [-0.39, 0.29) is 11.4 Å². The first-order valence-electron chi connectivity index (χ1n) is 5.64. The van der Waals surface area contributed by atoms with Gasteiger partial charge in [-0.2, -0.15) is 5.26 Å². The number of nitrogens with zero attached hydrogens (tertiary/aromatic N) is 2. The van der Waals surface area contributed by atoms with Gasteiger partial charge in [-0.3, -0.25) is 10.1 Å². The van der Waals surface area contributed by atoms with E-state index in [1.165, 1.54) is 12.1 Å². The van der Waals surface area contributed by atoms with Crippen molar-refractivity contribution in [2.24, 2.45) is 0 Å². The zero-order valence-electron chi connectivity index (χ0n) is 10.5. The fourth-order valence-corrected chi connectivity index (χ4v) is 2.01. The van der Waals surface area contributed by atoms with E-state index < -0.39 is 4.92 Å². The van der Waals surface area contributed by atoms with E-state index >= 15 is 0 Å². The van der Waals surface area contributed by atoms with Gasteiger partial charge in [0.05, 0.1) is 10.5 Å². The molecule has 0 aromatic heterocycles. The molecule has 5 nitrogen and oxygen atoms in total. The number of ether oxygens (including phenoxy) is 1. The van der Waals surface area contributed by atoms with Gasteiger partial charge in [-0.15, -0.1) is 0 Å². The Morgan fingerprint density at radius 3 is 2.60 bits per heavy atom. The fourth-order valence-electron chi connectivity index (χ4n) is 1.66. The summed E-state index contributed by atoms with van der Waals surface area (Å²) in [4.78, 5) is 10.5. The maximum Gasteiger partial charge on any atom is 0.312 e. The predicted octanol–water partition coefficient (Wildman–Crippen LogP) is 4.33. The molecule has 0 fully saturated rings. The average Bonchev–Trinajstić information content (AvgIpc) is 2.42. The summed E-state index contributed by atoms with van der Waals surface area (Å²) >= 11 is 3.18. The predicted molar refractivity (Wildman–Crippen MR) is 76.8 cm³/mol. The molecule has 0 radical (unpaired) electrons. The van der Waals surface area contributed by atoms with Gasteiger partial charge < -0.3 is 4.74 Å². The van der Waals surface area contributed by atoms with Crippen LogP contribution in [0.4, 0.5) is 5.69 Å². The number of nitro groups is 1. The summed E-state index contributed by atoms with van der Waals surface area (Å²) in [6.45, 7) is 1.85. The number of halogens is 1. The van der Waals surface area contributed by atoms with Gasteiger partial charge in [-0.25, -0.2) is 0 Å². The molecule has 0 atom stereocenters. The minimum absolute atomic E-state index is 0.0959. The van der Waals surface area contributed by atoms with Crippen molar-refractivity contribution < 1.29 is 9.66 Å². The third-order valence-corrected chi connectivity index (χ3v) is 3.09. The highest BCUT2D eigenvalue weighted by Crippen LogP contribution is 2.34. The van der Waals surface area contributed by atoms with Crippen LogP contribution in [0.15, 0.2) is 40.9 Å². The third kappa shape index (κ3) is 2.95. The Morgan fingerprint density at radius 1 is 1.25 bits per heavy atom. The average molecular weight is 333 g/mol. The second-order valence-electron chi connectivity index (χ2n) is 4.08. The molecule has 2 aromatic carbocycles. The normalized spacial score (nSPS) is 9.85. The molecule has 0 amide bonds. The summed E-state index contributed by atoms with van der Waals surface area (Å²) in [7, 11) is 0. The minimum Gasteiger partial charge on any atom is -0.449 e. The molecule has 0 heterocycles. The highest BCUT2D eigenvalue weighted by molar-refractivity contribution is 9.10. The molecule has 0 saturated heterocycles. The maximum absolute atomic E-state index is 11.0. The second-order valence-corrected chi connectivity index (χ2v) is 5.00. The number of aryl methyl sites for hydroxylation is 1. The van der Waals surface area contributed by atoms with Gasteiger partial charge in [0.2, 0.25) is 5.75 Å². The van der Waals surface area contributed by atoms with E-state index in [4.69, 9.17) is 10.00 Å². The van der Waals surface area contributed by atoms with Crippen LogP contribution in [0, 0.1) is 28.4 Å². The zero-order chi connectivity index (χ0) is 14.7. The standard InChI is InChI=1S/C14H9BrN2O3/c1-9-2-4-13(10(6-9)8-16)20-14-5-3-11(15)7-12(14)17(18)19/h2-7H,1H3. The lowest BCUT2D eigenvalue weighted by atomic mass is 10.1. The van der Waals surface area contributed by atoms with Crippen molar-refractivity contribution in [3.05, 3.63) is 62.1 Å². The number of nitriles is 1. The van der Waals surface area contributed by atoms with Crippen LogP contribution in [-0.2, 0) is 0 Å². The van der Waals surface area contributed by atoms with Crippen molar-refractivity contribution >= 4 is 21.6 Å². The van der Waals surface area contributed by atoms with Crippen LogP contribution in [0.1, 0.15) is 11.1 Å². The molecule has 0 unspecified atom stereocenters. The molecular weight excluding hydrogens is 324 g/mol. The monoisotopic (exact) mass is 332 g/mol. The summed E-state index contributed by atoms with van der Waals surface area (Å²) < 4.78 is 6.10. The Balaban J connectivity index is 2.45. The molecule has 0 spiro atoms. The molecule has 2 aromatic rings. The molecule has 100 valence electrons. The largest absolute Gasteiger partial charge is 0.449 e. The Morgan fingerprint density at radius 2 is 1.95 bits per heavy atom. The number of hydrogen-bond donors (Lipinski definition) is 0. The highest BCUT2D eigenvalue weighted by atomic mass is 79.9. The first-order valence-corrected chi connectivity index (χ1v) is 6.43. The van der Waals surface area contributed by atoms with Crippen molar-refractivity contribution in [3.8, 4) is 17.6 Å². The molecule has 0 N–H and O–H groups in total. The summed E-state index contributed by atoms with van der Waals surface area (Å²) in [5.74, 6) is 0.391. The first kappa shape index (κ1) is 14.0. The van der Waals surface area contributed by atoms with Gasteiger partial charge in [0.25, 0.3) is 0 Å². The Bertz CT molecular complexity index is 723. The number of hydrogen-bond acceptors (Lipinski definition) is 4. The van der Waals surface area contributed by atoms with Gasteiger partial charge in [-0.1, -0.05) is 22.0 Å². The number of nitro benzene ring substituents is 1. The lowest BCUT2D eigenvalue weighted by Crippen LogP contribution is -1.95. The summed E-state index contributed by atoms with van der Waals surface area (Å²) in [5, 5.41) is 20.1. The molecule has 0 aliphatic heterocycles. The van der Waals surface area contributed by atoms with Gasteiger partial charge in [-0.05, 0) is 36.8 Å². The van der Waals surface area contributed by atoms with E-state index in [1.807, 2.05) is 13.0 Å². The maximum atomic E-state index is 11.0. The van der Waals surface area contributed by atoms with E-state index in [9.17, 15) is 10.1 Å². The van der Waals surface area contributed by atoms with Gasteiger partial charge in [0.1, 0.15) is 11.8 Å². The van der Waals surface area contributed by atoms with Crippen LogP contribution in [0.3, 0.4) is 0 Å². The van der Waals surface area contributed by atoms with Crippen molar-refractivity contribution in [1.82, 2.24) is 0 Å². The van der Waals surface area contributed by atoms with Gasteiger partial charge in [0, 0.05) is 10.5 Å². The lowest BCUT2D eigenvalue weighted by Gasteiger charge is -2.08. The quantitative estimate of drug-likeness (QED) is 0.619. The summed E-state index contributed by atoms with van der Waals surface area (Å²) in [5.41, 5.74) is 1.09. The smallest absolute Gasteiger partial charge is 0.312 e. The third-order valence-electron chi connectivity index (χ3n) is 2.59. The lowest BCUT2D eigenvalue weighted by molar-refractivity contribution is -0.385. The van der Waals surface area contributed by atoms with Crippen LogP contribution in [0.2, 0.25) is 0 Å². The minimum atomic E-state index is -0.527. The van der Waals surface area contributed by atoms with Crippen LogP contribution < -0.4 is 4.74 Å². The summed E-state index contributed by atoms with van der Waals surface area (Å²) in [6, 6.07) is 11.6. The van der Waals surface area contributed by atoms with E-state index in [1.54, 1.807) is 24.3 Å². The van der Waals surface area contributed by atoms with E-state index in [2.05, 4.69) is 15.9 Å². The van der Waals surface area contributed by atoms with Crippen molar-refractivity contribution in [1.29, 1.82) is 5.26 Å². The topological polar surface area (TPSA) is 76.2 Å². The molecule has 0 bridgehead atoms. The van der Waals surface area contributed by atoms with Crippen molar-refractivity contribution in [2.45, 2.75) is 6.92 Å². The highest BCUT2D eigenvalue weighted by Gasteiger charge is 2.17. The Kier molecular flexibility index (Phi) is 4.01. The molecule has 0 saturated carbocycles. The summed E-state index contributed by atoms with van der Waals surface area (Å²) in [6.07, 6.45) is 0. The van der Waals surface area contributed by atoms with Gasteiger partial charge >= 0.3 is 5.69 Å². The SMILES string of the molecule is Cc1ccc(Oc2ccc(Br)cc2[N+](=O)[O-])c(C#N)c1. The van der Waals surface area contributed by atoms with Crippen molar-refractivity contribution in [2.75, 3.05) is 0 Å². The Hall–Kier alpha value is -2.39. The number of rotatable bonds is 3. The first-order chi connectivity index (χ1) is 9.51. The molecule has 6 heteroatoms. The van der Waals surface area contributed by atoms with Crippen LogP contribution in [-0.4, -0.2) is 4.92 Å². The van der Waals surface area contributed by atoms with Crippen LogP contribution >= 0.6 is 15.9 Å². The molecule has 0 aliphatic rings. The number of benzene rings is 2. The van der Waals surface area contributed by atoms with Crippen molar-refractivity contribution in [3.63, 3.8) is 0 Å². The molecule has 2 rings (SSSR count). The Labute approximate surface area is 123 Å². The van der Waals surface area contributed by atoms with E-state index in [0.717, 1.165) is 5.56 Å². The van der Waals surface area contributed by atoms with E-state index in [0.29, 0.717) is 15.8 Å². The van der Waals surface area contributed by atoms with Crippen LogP contribution in [0.5, 0.6) is 11.5 Å². The fraction of sp³-hybridized carbons (Fsp3) is 0.0714. The molecular formula is C14H9BrN2O3. The van der Waals surface area contributed by atoms with Crippen LogP contribution in [0.25, 0.3) is 0 Å². The zero-order valence-corrected chi connectivity index (χ0v) is 12.0.